The Bertz CT molecular complexity index is 615. The van der Waals surface area contributed by atoms with E-state index < -0.39 is 5.54 Å². The Morgan fingerprint density at radius 1 is 1.38 bits per heavy atom. The first-order valence-corrected chi connectivity index (χ1v) is 7.71. The first-order valence-electron chi connectivity index (χ1n) is 6.92. The molecule has 112 valence electrons. The zero-order chi connectivity index (χ0) is 15.2. The predicted octanol–water partition coefficient (Wildman–Crippen LogP) is 2.09. The smallest absolute Gasteiger partial charge is 0.253 e. The lowest BCUT2D eigenvalue weighted by molar-refractivity contribution is -0.136. The number of nitrogens with zero attached hydrogens (tertiary/aromatic N) is 1. The van der Waals surface area contributed by atoms with Gasteiger partial charge in [-0.1, -0.05) is 0 Å². The molecule has 1 heterocycles. The van der Waals surface area contributed by atoms with E-state index in [1.807, 2.05) is 19.1 Å². The first kappa shape index (κ1) is 14.4. The molecular weight excluding hydrogens is 336 g/mol. The van der Waals surface area contributed by atoms with Crippen LogP contribution in [0.2, 0.25) is 0 Å². The Labute approximate surface area is 131 Å². The monoisotopic (exact) mass is 352 g/mol. The van der Waals surface area contributed by atoms with E-state index in [1.54, 1.807) is 18.1 Å². The number of hydrogen-bond acceptors (Lipinski definition) is 3. The molecule has 1 unspecified atom stereocenters. The third-order valence-corrected chi connectivity index (χ3v) is 4.90. The molecule has 1 aromatic carbocycles. The number of rotatable bonds is 3. The van der Waals surface area contributed by atoms with Gasteiger partial charge in [-0.05, 0) is 53.7 Å². The van der Waals surface area contributed by atoms with Crippen molar-refractivity contribution in [1.29, 1.82) is 0 Å². The molecule has 0 aromatic heterocycles. The van der Waals surface area contributed by atoms with Crippen molar-refractivity contribution in [3.63, 3.8) is 0 Å². The van der Waals surface area contributed by atoms with Gasteiger partial charge in [0.25, 0.3) is 5.91 Å². The van der Waals surface area contributed by atoms with Gasteiger partial charge in [0, 0.05) is 10.5 Å². The quantitative estimate of drug-likeness (QED) is 0.905. The molecule has 1 aliphatic carbocycles. The van der Waals surface area contributed by atoms with Crippen molar-refractivity contribution in [2.45, 2.75) is 25.3 Å². The van der Waals surface area contributed by atoms with Crippen LogP contribution >= 0.6 is 15.9 Å². The number of nitrogens with one attached hydrogen (secondary N) is 1. The Kier molecular flexibility index (Phi) is 3.43. The first-order chi connectivity index (χ1) is 9.95. The Hall–Kier alpha value is -1.56. The van der Waals surface area contributed by atoms with E-state index in [9.17, 15) is 9.59 Å². The molecule has 1 N–H and O–H groups in total. The topological polar surface area (TPSA) is 58.6 Å². The Morgan fingerprint density at radius 3 is 2.71 bits per heavy atom. The van der Waals surface area contributed by atoms with Crippen LogP contribution < -0.4 is 15.0 Å². The maximum absolute atomic E-state index is 12.9. The Morgan fingerprint density at radius 2 is 2.10 bits per heavy atom. The summed E-state index contributed by atoms with van der Waals surface area (Å²) in [6.45, 7) is 1.86. The fourth-order valence-corrected chi connectivity index (χ4v) is 3.30. The molecule has 1 aromatic rings. The van der Waals surface area contributed by atoms with Gasteiger partial charge in [-0.15, -0.1) is 0 Å². The van der Waals surface area contributed by atoms with E-state index in [1.165, 1.54) is 0 Å². The second-order valence-corrected chi connectivity index (χ2v) is 6.59. The van der Waals surface area contributed by atoms with E-state index in [0.717, 1.165) is 17.3 Å². The molecule has 6 heteroatoms. The molecule has 5 nitrogen and oxygen atoms in total. The molecule has 2 fully saturated rings. The number of halogens is 1. The van der Waals surface area contributed by atoms with Crippen LogP contribution in [0.4, 0.5) is 5.69 Å². The summed E-state index contributed by atoms with van der Waals surface area (Å²) in [6, 6.07) is 5.40. The molecule has 1 saturated carbocycles. The average molecular weight is 353 g/mol. The van der Waals surface area contributed by atoms with Crippen LogP contribution in [0.15, 0.2) is 22.7 Å². The van der Waals surface area contributed by atoms with Crippen molar-refractivity contribution in [3.8, 4) is 5.75 Å². The number of carbonyl (C=O) groups excluding carboxylic acids is 2. The molecule has 0 spiro atoms. The summed E-state index contributed by atoms with van der Waals surface area (Å²) in [5.41, 5.74) is -0.126. The van der Waals surface area contributed by atoms with Crippen LogP contribution in [0.1, 0.15) is 19.8 Å². The van der Waals surface area contributed by atoms with Crippen molar-refractivity contribution in [1.82, 2.24) is 5.32 Å². The summed E-state index contributed by atoms with van der Waals surface area (Å²) in [6.07, 6.45) is 1.96. The summed E-state index contributed by atoms with van der Waals surface area (Å²) in [5, 5.41) is 2.88. The van der Waals surface area contributed by atoms with E-state index in [4.69, 9.17) is 4.74 Å². The number of amides is 2. The summed E-state index contributed by atoms with van der Waals surface area (Å²) >= 11 is 3.45. The van der Waals surface area contributed by atoms with Crippen molar-refractivity contribution in [2.24, 2.45) is 5.92 Å². The Balaban J connectivity index is 2.00. The number of methoxy groups -OCH3 is 1. The highest BCUT2D eigenvalue weighted by molar-refractivity contribution is 9.10. The zero-order valence-electron chi connectivity index (χ0n) is 12.0. The van der Waals surface area contributed by atoms with Gasteiger partial charge in [-0.2, -0.15) is 0 Å². The van der Waals surface area contributed by atoms with Gasteiger partial charge in [0.2, 0.25) is 5.91 Å². The van der Waals surface area contributed by atoms with Crippen LogP contribution in [0.3, 0.4) is 0 Å². The van der Waals surface area contributed by atoms with Crippen molar-refractivity contribution in [3.05, 3.63) is 22.7 Å². The van der Waals surface area contributed by atoms with Crippen LogP contribution in [-0.4, -0.2) is 31.0 Å². The SMILES string of the molecule is COc1ccc(Br)c(N2CC(=O)NC(C)(C3CC3)C2=O)c1. The van der Waals surface area contributed by atoms with Gasteiger partial charge in [-0.25, -0.2) is 0 Å². The highest BCUT2D eigenvalue weighted by Crippen LogP contribution is 2.43. The van der Waals surface area contributed by atoms with Crippen LogP contribution in [0.5, 0.6) is 5.75 Å². The van der Waals surface area contributed by atoms with Gasteiger partial charge in [0.1, 0.15) is 17.8 Å². The van der Waals surface area contributed by atoms with Crippen LogP contribution in [0.25, 0.3) is 0 Å². The number of anilines is 1. The number of benzene rings is 1. The highest BCUT2D eigenvalue weighted by Gasteiger charge is 2.53. The largest absolute Gasteiger partial charge is 0.497 e. The van der Waals surface area contributed by atoms with Gasteiger partial charge >= 0.3 is 0 Å². The molecule has 1 atom stereocenters. The van der Waals surface area contributed by atoms with E-state index >= 15 is 0 Å². The normalized spacial score (nSPS) is 25.8. The minimum atomic E-state index is -0.794. The maximum atomic E-state index is 12.9. The number of carbonyl (C=O) groups is 2. The lowest BCUT2D eigenvalue weighted by Gasteiger charge is -2.40. The van der Waals surface area contributed by atoms with E-state index in [-0.39, 0.29) is 24.3 Å². The average Bonchev–Trinajstić information content (AvgIpc) is 3.28. The zero-order valence-corrected chi connectivity index (χ0v) is 13.6. The molecule has 1 saturated heterocycles. The number of piperazine rings is 1. The predicted molar refractivity (Wildman–Crippen MR) is 82.3 cm³/mol. The standard InChI is InChI=1S/C15H17BrN2O3/c1-15(9-3-4-9)14(20)18(8-13(19)17-15)12-7-10(21-2)5-6-11(12)16/h5-7,9H,3-4,8H2,1-2H3,(H,17,19). The summed E-state index contributed by atoms with van der Waals surface area (Å²) in [7, 11) is 1.58. The van der Waals surface area contributed by atoms with Crippen molar-refractivity contribution in [2.75, 3.05) is 18.6 Å². The third kappa shape index (κ3) is 2.41. The minimum absolute atomic E-state index is 0.0346. The molecule has 0 radical (unpaired) electrons. The molecule has 3 rings (SSSR count). The maximum Gasteiger partial charge on any atom is 0.253 e. The molecule has 1 aliphatic heterocycles. The highest BCUT2D eigenvalue weighted by atomic mass is 79.9. The fraction of sp³-hybridized carbons (Fsp3) is 0.467. The molecule has 21 heavy (non-hydrogen) atoms. The van der Waals surface area contributed by atoms with Crippen LogP contribution in [-0.2, 0) is 9.59 Å². The molecule has 0 bridgehead atoms. The lowest BCUT2D eigenvalue weighted by Crippen LogP contribution is -2.66. The van der Waals surface area contributed by atoms with Crippen molar-refractivity contribution >= 4 is 33.4 Å². The van der Waals surface area contributed by atoms with Gasteiger partial charge in [0.05, 0.1) is 12.8 Å². The molecular formula is C15H17BrN2O3. The van der Waals surface area contributed by atoms with E-state index in [0.29, 0.717) is 11.4 Å². The van der Waals surface area contributed by atoms with Crippen molar-refractivity contribution < 1.29 is 14.3 Å². The lowest BCUT2D eigenvalue weighted by atomic mass is 9.91. The van der Waals surface area contributed by atoms with Gasteiger partial charge in [-0.3, -0.25) is 14.5 Å². The summed E-state index contributed by atoms with van der Waals surface area (Å²) < 4.78 is 5.98. The minimum Gasteiger partial charge on any atom is -0.497 e. The fourth-order valence-electron chi connectivity index (χ4n) is 2.84. The number of ether oxygens (including phenoxy) is 1. The molecule has 2 aliphatic rings. The summed E-state index contributed by atoms with van der Waals surface area (Å²) in [5.74, 6) is 0.707. The summed E-state index contributed by atoms with van der Waals surface area (Å²) in [4.78, 5) is 26.5. The molecule has 2 amide bonds. The third-order valence-electron chi connectivity index (χ3n) is 4.23. The number of hydrogen-bond donors (Lipinski definition) is 1. The second kappa shape index (κ2) is 5.02. The van der Waals surface area contributed by atoms with Gasteiger partial charge < -0.3 is 10.1 Å². The second-order valence-electron chi connectivity index (χ2n) is 5.73. The van der Waals surface area contributed by atoms with Crippen LogP contribution in [0, 0.1) is 5.92 Å². The van der Waals surface area contributed by atoms with E-state index in [2.05, 4.69) is 21.2 Å². The van der Waals surface area contributed by atoms with Gasteiger partial charge in [0.15, 0.2) is 0 Å².